The van der Waals surface area contributed by atoms with Crippen molar-refractivity contribution in [3.63, 3.8) is 0 Å². The quantitative estimate of drug-likeness (QED) is 0.168. The molecule has 6 aromatic carbocycles. The van der Waals surface area contributed by atoms with E-state index in [2.05, 4.69) is 91.3 Å². The Balaban J connectivity index is 1.26. The van der Waals surface area contributed by atoms with Gasteiger partial charge in [0.05, 0.1) is 0 Å². The molecule has 4 heteroatoms. The number of rotatable bonds is 7. The van der Waals surface area contributed by atoms with Crippen molar-refractivity contribution in [2.45, 2.75) is 19.8 Å². The second-order valence-corrected chi connectivity index (χ2v) is 13.5. The van der Waals surface area contributed by atoms with Gasteiger partial charge in [0.1, 0.15) is 0 Å². The molecule has 0 unspecified atom stereocenters. The standard InChI is InChI=1S/C49H36N4/c1-3-42-32(2)43-16-10-11-17-44(43)46-31-38(22-23-45(42)46)40-28-39(34-20-18-33(19-21-34)35-24-26-50-27-25-35)29-41(30-40)49-52-47(36-12-6-4-7-13-36)51-48(53-49)37-14-8-5-9-15-37/h3-9,11-15,17-31H,1,10,16H2,2H3. The Morgan fingerprint density at radius 1 is 0.509 bits per heavy atom. The highest BCUT2D eigenvalue weighted by Gasteiger charge is 2.18. The van der Waals surface area contributed by atoms with E-state index in [1.165, 1.54) is 33.0 Å². The minimum absolute atomic E-state index is 0.625. The van der Waals surface area contributed by atoms with Gasteiger partial charge in [-0.25, -0.2) is 15.0 Å². The molecule has 0 atom stereocenters. The predicted octanol–water partition coefficient (Wildman–Crippen LogP) is 12.3. The third-order valence-electron chi connectivity index (χ3n) is 10.3. The van der Waals surface area contributed by atoms with Gasteiger partial charge in [0.2, 0.25) is 0 Å². The van der Waals surface area contributed by atoms with Crippen LogP contribution in [0.15, 0.2) is 159 Å². The van der Waals surface area contributed by atoms with Crippen molar-refractivity contribution in [3.05, 3.63) is 181 Å². The Hall–Kier alpha value is -6.78. The molecule has 0 saturated carbocycles. The normalized spacial score (nSPS) is 12.1. The fourth-order valence-corrected chi connectivity index (χ4v) is 7.54. The van der Waals surface area contributed by atoms with Crippen LogP contribution in [0.3, 0.4) is 0 Å². The van der Waals surface area contributed by atoms with E-state index >= 15 is 0 Å². The Labute approximate surface area is 310 Å². The summed E-state index contributed by atoms with van der Waals surface area (Å²) in [5.41, 5.74) is 14.8. The average Bonchev–Trinajstić information content (AvgIpc) is 3.24. The lowest BCUT2D eigenvalue weighted by Crippen LogP contribution is -2.02. The molecule has 53 heavy (non-hydrogen) atoms. The molecule has 252 valence electrons. The van der Waals surface area contributed by atoms with Crippen LogP contribution in [0.2, 0.25) is 0 Å². The molecule has 9 rings (SSSR count). The van der Waals surface area contributed by atoms with Crippen molar-refractivity contribution in [2.75, 3.05) is 0 Å². The highest BCUT2D eigenvalue weighted by Crippen LogP contribution is 2.39. The molecule has 0 amide bonds. The summed E-state index contributed by atoms with van der Waals surface area (Å²) in [5, 5.41) is 2.48. The van der Waals surface area contributed by atoms with Gasteiger partial charge in [-0.2, -0.15) is 0 Å². The molecule has 0 bridgehead atoms. The summed E-state index contributed by atoms with van der Waals surface area (Å²) < 4.78 is 0. The second-order valence-electron chi connectivity index (χ2n) is 13.5. The lowest BCUT2D eigenvalue weighted by Gasteiger charge is -2.20. The van der Waals surface area contributed by atoms with Crippen LogP contribution < -0.4 is 0 Å². The predicted molar refractivity (Wildman–Crippen MR) is 220 cm³/mol. The molecule has 0 fully saturated rings. The number of pyridine rings is 1. The van der Waals surface area contributed by atoms with Crippen molar-refractivity contribution < 1.29 is 0 Å². The van der Waals surface area contributed by atoms with E-state index in [0.29, 0.717) is 17.5 Å². The zero-order chi connectivity index (χ0) is 35.7. The molecular formula is C49H36N4. The third kappa shape index (κ3) is 6.15. The summed E-state index contributed by atoms with van der Waals surface area (Å²) in [7, 11) is 0. The summed E-state index contributed by atoms with van der Waals surface area (Å²) in [6.45, 7) is 6.44. The second kappa shape index (κ2) is 13.7. The number of allylic oxidation sites excluding steroid dienone is 1. The summed E-state index contributed by atoms with van der Waals surface area (Å²) >= 11 is 0. The van der Waals surface area contributed by atoms with Crippen LogP contribution in [0.25, 0.3) is 90.5 Å². The van der Waals surface area contributed by atoms with Crippen LogP contribution in [0.4, 0.5) is 0 Å². The Morgan fingerprint density at radius 3 is 1.66 bits per heavy atom. The van der Waals surface area contributed by atoms with Gasteiger partial charge < -0.3 is 0 Å². The van der Waals surface area contributed by atoms with Gasteiger partial charge >= 0.3 is 0 Å². The van der Waals surface area contributed by atoms with Crippen molar-refractivity contribution >= 4 is 22.9 Å². The molecule has 2 aromatic heterocycles. The maximum absolute atomic E-state index is 5.11. The lowest BCUT2D eigenvalue weighted by atomic mass is 9.84. The van der Waals surface area contributed by atoms with E-state index in [0.717, 1.165) is 62.9 Å². The third-order valence-corrected chi connectivity index (χ3v) is 10.3. The highest BCUT2D eigenvalue weighted by atomic mass is 15.0. The van der Waals surface area contributed by atoms with E-state index < -0.39 is 0 Å². The largest absolute Gasteiger partial charge is 0.265 e. The first-order valence-electron chi connectivity index (χ1n) is 18.0. The minimum Gasteiger partial charge on any atom is -0.265 e. The molecule has 0 aliphatic heterocycles. The van der Waals surface area contributed by atoms with Gasteiger partial charge in [0.25, 0.3) is 0 Å². The molecule has 0 N–H and O–H groups in total. The summed E-state index contributed by atoms with van der Waals surface area (Å²) in [6, 6.07) is 46.6. The van der Waals surface area contributed by atoms with E-state index in [1.54, 1.807) is 0 Å². The van der Waals surface area contributed by atoms with Crippen LogP contribution in [0, 0.1) is 6.92 Å². The van der Waals surface area contributed by atoms with Crippen molar-refractivity contribution in [3.8, 4) is 67.5 Å². The van der Waals surface area contributed by atoms with Crippen LogP contribution >= 0.6 is 0 Å². The molecule has 1 aliphatic rings. The van der Waals surface area contributed by atoms with Gasteiger partial charge in [-0.15, -0.1) is 0 Å². The molecule has 0 saturated heterocycles. The Morgan fingerprint density at radius 2 is 1.04 bits per heavy atom. The van der Waals surface area contributed by atoms with Crippen LogP contribution in [-0.2, 0) is 6.42 Å². The van der Waals surface area contributed by atoms with E-state index in [4.69, 9.17) is 15.0 Å². The fourth-order valence-electron chi connectivity index (χ4n) is 7.54. The van der Waals surface area contributed by atoms with E-state index in [-0.39, 0.29) is 0 Å². The Bertz CT molecular complexity index is 2600. The fraction of sp³-hybridized carbons (Fsp3) is 0.0612. The summed E-state index contributed by atoms with van der Waals surface area (Å²) in [5.74, 6) is 1.90. The van der Waals surface area contributed by atoms with E-state index in [1.807, 2.05) is 91.3 Å². The van der Waals surface area contributed by atoms with Gasteiger partial charge in [0, 0.05) is 29.1 Å². The molecule has 1 aliphatic carbocycles. The average molecular weight is 681 g/mol. The molecule has 2 heterocycles. The van der Waals surface area contributed by atoms with Crippen molar-refractivity contribution in [2.24, 2.45) is 0 Å². The maximum atomic E-state index is 5.11. The van der Waals surface area contributed by atoms with Gasteiger partial charge in [0.15, 0.2) is 17.5 Å². The zero-order valence-electron chi connectivity index (χ0n) is 29.5. The number of nitrogens with zero attached hydrogens (tertiary/aromatic N) is 4. The first-order chi connectivity index (χ1) is 26.1. The summed E-state index contributed by atoms with van der Waals surface area (Å²) in [6.07, 6.45) is 12.4. The van der Waals surface area contributed by atoms with E-state index in [9.17, 15) is 0 Å². The summed E-state index contributed by atoms with van der Waals surface area (Å²) in [4.78, 5) is 19.4. The molecule has 4 nitrogen and oxygen atoms in total. The van der Waals surface area contributed by atoms with Crippen LogP contribution in [-0.4, -0.2) is 19.9 Å². The van der Waals surface area contributed by atoms with Gasteiger partial charge in [-0.05, 0) is 123 Å². The molecule has 0 radical (unpaired) electrons. The van der Waals surface area contributed by atoms with Crippen molar-refractivity contribution in [1.82, 2.24) is 19.9 Å². The number of fused-ring (bicyclic) bond motifs is 3. The lowest BCUT2D eigenvalue weighted by molar-refractivity contribution is 0.974. The number of benzene rings is 6. The monoisotopic (exact) mass is 680 g/mol. The van der Waals surface area contributed by atoms with Crippen LogP contribution in [0.1, 0.15) is 28.7 Å². The molecule has 0 spiro atoms. The highest BCUT2D eigenvalue weighted by molar-refractivity contribution is 6.01. The van der Waals surface area contributed by atoms with Crippen LogP contribution in [0.5, 0.6) is 0 Å². The van der Waals surface area contributed by atoms with Gasteiger partial charge in [-0.3, -0.25) is 4.98 Å². The van der Waals surface area contributed by atoms with Crippen molar-refractivity contribution in [1.29, 1.82) is 0 Å². The number of aromatic nitrogens is 4. The number of hydrogen-bond donors (Lipinski definition) is 0. The minimum atomic E-state index is 0.625. The SMILES string of the molecule is C=Cc1c(C)c2c(c3cc(-c4cc(-c5ccc(-c6ccncc6)cc5)cc(-c5nc(-c6ccccc6)nc(-c6ccccc6)n5)c4)ccc13)C=CCC2. The molecular weight excluding hydrogens is 645 g/mol. The smallest absolute Gasteiger partial charge is 0.164 e. The number of hydrogen-bond acceptors (Lipinski definition) is 4. The topological polar surface area (TPSA) is 51.6 Å². The Kier molecular flexibility index (Phi) is 8.33. The first kappa shape index (κ1) is 32.1. The zero-order valence-corrected chi connectivity index (χ0v) is 29.5. The first-order valence-corrected chi connectivity index (χ1v) is 18.0. The van der Waals surface area contributed by atoms with Gasteiger partial charge in [-0.1, -0.05) is 122 Å². The molecule has 8 aromatic rings. The maximum Gasteiger partial charge on any atom is 0.164 e.